The van der Waals surface area contributed by atoms with E-state index >= 15 is 0 Å². The van der Waals surface area contributed by atoms with Crippen molar-refractivity contribution in [2.24, 2.45) is 5.92 Å². The summed E-state index contributed by atoms with van der Waals surface area (Å²) >= 11 is 0. The van der Waals surface area contributed by atoms with Crippen LogP contribution >= 0.6 is 0 Å². The number of hydrogen-bond acceptors (Lipinski definition) is 3. The summed E-state index contributed by atoms with van der Waals surface area (Å²) in [5.74, 6) is -0.251. The predicted molar refractivity (Wildman–Crippen MR) is 73.5 cm³/mol. The molecule has 1 aromatic rings. The first-order chi connectivity index (χ1) is 9.02. The Morgan fingerprint density at radius 1 is 1.21 bits per heavy atom. The lowest BCUT2D eigenvalue weighted by Crippen LogP contribution is -2.43. The Kier molecular flexibility index (Phi) is 6.06. The van der Waals surface area contributed by atoms with Crippen molar-refractivity contribution in [3.05, 3.63) is 35.9 Å². The van der Waals surface area contributed by atoms with Crippen molar-refractivity contribution < 1.29 is 14.3 Å². The van der Waals surface area contributed by atoms with Crippen LogP contribution in [0.25, 0.3) is 0 Å². The fourth-order valence-corrected chi connectivity index (χ4v) is 1.85. The Balaban J connectivity index is 2.58. The second-order valence-electron chi connectivity index (χ2n) is 4.94. The third-order valence-corrected chi connectivity index (χ3v) is 2.74. The van der Waals surface area contributed by atoms with Gasteiger partial charge in [0.05, 0.1) is 13.5 Å². The number of esters is 1. The van der Waals surface area contributed by atoms with Gasteiger partial charge in [0.25, 0.3) is 0 Å². The van der Waals surface area contributed by atoms with E-state index in [-0.39, 0.29) is 12.3 Å². The molecule has 1 amide bonds. The van der Waals surface area contributed by atoms with Crippen molar-refractivity contribution in [3.63, 3.8) is 0 Å². The van der Waals surface area contributed by atoms with Gasteiger partial charge in [-0.05, 0) is 17.9 Å². The van der Waals surface area contributed by atoms with Crippen LogP contribution in [-0.2, 0) is 20.7 Å². The molecule has 0 aliphatic carbocycles. The molecule has 0 radical (unpaired) electrons. The molecule has 0 fully saturated rings. The Hall–Kier alpha value is -1.84. The summed E-state index contributed by atoms with van der Waals surface area (Å²) in [4.78, 5) is 23.5. The molecule has 104 valence electrons. The highest BCUT2D eigenvalue weighted by molar-refractivity contribution is 5.85. The molecule has 4 heteroatoms. The van der Waals surface area contributed by atoms with Crippen molar-refractivity contribution >= 4 is 11.9 Å². The second kappa shape index (κ2) is 7.56. The molecule has 0 aliphatic rings. The second-order valence-corrected chi connectivity index (χ2v) is 4.94. The summed E-state index contributed by atoms with van der Waals surface area (Å²) in [5.41, 5.74) is 0.924. The molecule has 0 aromatic heterocycles. The molecule has 19 heavy (non-hydrogen) atoms. The highest BCUT2D eigenvalue weighted by Gasteiger charge is 2.22. The monoisotopic (exact) mass is 263 g/mol. The van der Waals surface area contributed by atoms with Crippen molar-refractivity contribution in [2.75, 3.05) is 7.11 Å². The van der Waals surface area contributed by atoms with Crippen LogP contribution in [0.1, 0.15) is 25.8 Å². The van der Waals surface area contributed by atoms with Gasteiger partial charge in [-0.1, -0.05) is 44.2 Å². The number of carbonyl (C=O) groups is 2. The van der Waals surface area contributed by atoms with Gasteiger partial charge in [-0.25, -0.2) is 4.79 Å². The molecule has 0 aliphatic heterocycles. The Morgan fingerprint density at radius 3 is 2.37 bits per heavy atom. The number of benzene rings is 1. The number of nitrogens with one attached hydrogen (secondary N) is 1. The maximum atomic E-state index is 11.9. The first-order valence-electron chi connectivity index (χ1n) is 6.44. The van der Waals surface area contributed by atoms with Crippen LogP contribution in [-0.4, -0.2) is 25.0 Å². The lowest BCUT2D eigenvalue weighted by Gasteiger charge is -2.18. The number of carbonyl (C=O) groups excluding carboxylic acids is 2. The number of hydrogen-bond donors (Lipinski definition) is 1. The summed E-state index contributed by atoms with van der Waals surface area (Å²) < 4.78 is 4.71. The number of ether oxygens (including phenoxy) is 1. The fraction of sp³-hybridized carbons (Fsp3) is 0.467. The first-order valence-corrected chi connectivity index (χ1v) is 6.44. The van der Waals surface area contributed by atoms with E-state index in [0.29, 0.717) is 12.3 Å². The normalized spacial score (nSPS) is 12.0. The molecular formula is C15H21NO3. The standard InChI is InChI=1S/C15H21NO3/c1-11(2)9-13(15(18)19-3)16-14(17)10-12-7-5-4-6-8-12/h4-8,11,13H,9-10H2,1-3H3,(H,16,17). The zero-order valence-corrected chi connectivity index (χ0v) is 11.7. The summed E-state index contributed by atoms with van der Waals surface area (Å²) in [6.07, 6.45) is 0.847. The molecule has 0 saturated carbocycles. The molecule has 1 aromatic carbocycles. The molecule has 0 spiro atoms. The Morgan fingerprint density at radius 2 is 1.84 bits per heavy atom. The van der Waals surface area contributed by atoms with Crippen molar-refractivity contribution in [1.82, 2.24) is 5.32 Å². The van der Waals surface area contributed by atoms with Crippen LogP contribution in [0.4, 0.5) is 0 Å². The van der Waals surface area contributed by atoms with Gasteiger partial charge in [0, 0.05) is 0 Å². The highest BCUT2D eigenvalue weighted by Crippen LogP contribution is 2.07. The minimum Gasteiger partial charge on any atom is -0.467 e. The third kappa shape index (κ3) is 5.55. The summed E-state index contributed by atoms with van der Waals surface area (Å²) in [5, 5.41) is 2.73. The molecule has 0 heterocycles. The van der Waals surface area contributed by atoms with Gasteiger partial charge >= 0.3 is 5.97 Å². The molecule has 0 saturated heterocycles. The summed E-state index contributed by atoms with van der Waals surface area (Å²) in [6, 6.07) is 8.87. The maximum Gasteiger partial charge on any atom is 0.328 e. The third-order valence-electron chi connectivity index (χ3n) is 2.74. The zero-order valence-electron chi connectivity index (χ0n) is 11.7. The SMILES string of the molecule is COC(=O)C(CC(C)C)NC(=O)Cc1ccccc1. The summed E-state index contributed by atoms with van der Waals surface area (Å²) in [6.45, 7) is 4.00. The van der Waals surface area contributed by atoms with Gasteiger partial charge in [-0.15, -0.1) is 0 Å². The van der Waals surface area contributed by atoms with Crippen LogP contribution in [0.5, 0.6) is 0 Å². The van der Waals surface area contributed by atoms with Gasteiger partial charge < -0.3 is 10.1 Å². The van der Waals surface area contributed by atoms with E-state index in [1.165, 1.54) is 7.11 Å². The molecular weight excluding hydrogens is 242 g/mol. The molecule has 0 bridgehead atoms. The lowest BCUT2D eigenvalue weighted by atomic mass is 10.0. The summed E-state index contributed by atoms with van der Waals surface area (Å²) in [7, 11) is 1.33. The van der Waals surface area contributed by atoms with Crippen molar-refractivity contribution in [2.45, 2.75) is 32.7 Å². The van der Waals surface area contributed by atoms with Crippen LogP contribution in [0, 0.1) is 5.92 Å². The molecule has 1 rings (SSSR count). The number of methoxy groups -OCH3 is 1. The zero-order chi connectivity index (χ0) is 14.3. The van der Waals surface area contributed by atoms with E-state index in [4.69, 9.17) is 4.74 Å². The first kappa shape index (κ1) is 15.2. The van der Waals surface area contributed by atoms with Crippen LogP contribution < -0.4 is 5.32 Å². The van der Waals surface area contributed by atoms with Gasteiger partial charge in [0.1, 0.15) is 6.04 Å². The van der Waals surface area contributed by atoms with Gasteiger partial charge in [0.2, 0.25) is 5.91 Å². The highest BCUT2D eigenvalue weighted by atomic mass is 16.5. The Labute approximate surface area is 114 Å². The van der Waals surface area contributed by atoms with E-state index in [1.54, 1.807) is 0 Å². The predicted octanol–water partition coefficient (Wildman–Crippen LogP) is 1.93. The molecule has 1 N–H and O–H groups in total. The van der Waals surface area contributed by atoms with Gasteiger partial charge in [0.15, 0.2) is 0 Å². The van der Waals surface area contributed by atoms with E-state index in [1.807, 2.05) is 44.2 Å². The number of amides is 1. The molecule has 4 nitrogen and oxygen atoms in total. The fourth-order valence-electron chi connectivity index (χ4n) is 1.85. The topological polar surface area (TPSA) is 55.4 Å². The molecule has 1 atom stereocenters. The van der Waals surface area contributed by atoms with Crippen LogP contribution in [0.3, 0.4) is 0 Å². The largest absolute Gasteiger partial charge is 0.467 e. The van der Waals surface area contributed by atoms with E-state index < -0.39 is 12.0 Å². The van der Waals surface area contributed by atoms with Crippen molar-refractivity contribution in [3.8, 4) is 0 Å². The molecule has 1 unspecified atom stereocenters. The minimum absolute atomic E-state index is 0.165. The lowest BCUT2D eigenvalue weighted by molar-refractivity contribution is -0.145. The van der Waals surface area contributed by atoms with Crippen LogP contribution in [0.2, 0.25) is 0 Å². The van der Waals surface area contributed by atoms with E-state index in [0.717, 1.165) is 5.56 Å². The van der Waals surface area contributed by atoms with E-state index in [9.17, 15) is 9.59 Å². The van der Waals surface area contributed by atoms with Gasteiger partial charge in [-0.2, -0.15) is 0 Å². The quantitative estimate of drug-likeness (QED) is 0.798. The minimum atomic E-state index is -0.568. The average molecular weight is 263 g/mol. The maximum absolute atomic E-state index is 11.9. The Bertz CT molecular complexity index is 415. The average Bonchev–Trinajstić information content (AvgIpc) is 2.37. The van der Waals surface area contributed by atoms with Crippen molar-refractivity contribution in [1.29, 1.82) is 0 Å². The smallest absolute Gasteiger partial charge is 0.328 e. The number of rotatable bonds is 6. The van der Waals surface area contributed by atoms with E-state index in [2.05, 4.69) is 5.32 Å². The van der Waals surface area contributed by atoms with Gasteiger partial charge in [-0.3, -0.25) is 4.79 Å². The van der Waals surface area contributed by atoms with Crippen LogP contribution in [0.15, 0.2) is 30.3 Å².